The first-order chi connectivity index (χ1) is 9.15. The number of aliphatic hydroxyl groups excluding tert-OH is 1. The fraction of sp³-hybridized carbons (Fsp3) is 0.533. The molecule has 1 unspecified atom stereocenters. The molecule has 1 aliphatic rings. The van der Waals surface area contributed by atoms with Crippen LogP contribution in [0, 0.1) is 17.2 Å². The lowest BCUT2D eigenvalue weighted by molar-refractivity contribution is 0.161. The van der Waals surface area contributed by atoms with Gasteiger partial charge in [0.05, 0.1) is 24.3 Å². The second-order valence-electron chi connectivity index (χ2n) is 5.12. The number of benzene rings is 1. The molecular formula is C15H20N2O2. The van der Waals surface area contributed by atoms with E-state index < -0.39 is 6.10 Å². The third-order valence-electron chi connectivity index (χ3n) is 3.64. The molecule has 102 valence electrons. The van der Waals surface area contributed by atoms with Crippen LogP contribution in [0.2, 0.25) is 0 Å². The van der Waals surface area contributed by atoms with Crippen molar-refractivity contribution in [3.05, 3.63) is 29.3 Å². The van der Waals surface area contributed by atoms with Crippen molar-refractivity contribution in [2.45, 2.75) is 19.4 Å². The van der Waals surface area contributed by atoms with Gasteiger partial charge in [-0.1, -0.05) is 6.07 Å². The molecule has 19 heavy (non-hydrogen) atoms. The Morgan fingerprint density at radius 2 is 2.37 bits per heavy atom. The molecule has 1 aromatic rings. The lowest BCUT2D eigenvalue weighted by Crippen LogP contribution is -2.22. The Morgan fingerprint density at radius 3 is 3.00 bits per heavy atom. The van der Waals surface area contributed by atoms with Gasteiger partial charge in [-0.25, -0.2) is 0 Å². The molecule has 1 aliphatic heterocycles. The highest BCUT2D eigenvalue weighted by atomic mass is 16.5. The Labute approximate surface area is 114 Å². The van der Waals surface area contributed by atoms with Crippen LogP contribution < -0.4 is 4.90 Å². The number of hydrogen-bond acceptors (Lipinski definition) is 4. The smallest absolute Gasteiger partial charge is 0.0992 e. The van der Waals surface area contributed by atoms with Crippen LogP contribution in [0.5, 0.6) is 0 Å². The molecule has 1 saturated heterocycles. The second kappa shape index (κ2) is 6.05. The largest absolute Gasteiger partial charge is 0.389 e. The van der Waals surface area contributed by atoms with Gasteiger partial charge >= 0.3 is 0 Å². The zero-order valence-corrected chi connectivity index (χ0v) is 11.5. The molecule has 4 nitrogen and oxygen atoms in total. The van der Waals surface area contributed by atoms with Crippen LogP contribution in [0.25, 0.3) is 0 Å². The Bertz CT molecular complexity index is 480. The summed E-state index contributed by atoms with van der Waals surface area (Å²) in [6.07, 6.45) is 0.563. The highest BCUT2D eigenvalue weighted by Crippen LogP contribution is 2.31. The number of rotatable bonds is 4. The molecule has 1 fully saturated rings. The van der Waals surface area contributed by atoms with Gasteiger partial charge in [-0.05, 0) is 25.5 Å². The highest BCUT2D eigenvalue weighted by molar-refractivity contribution is 5.59. The summed E-state index contributed by atoms with van der Waals surface area (Å²) < 4.78 is 5.20. The average molecular weight is 260 g/mol. The average Bonchev–Trinajstić information content (AvgIpc) is 2.87. The van der Waals surface area contributed by atoms with Gasteiger partial charge in [0.1, 0.15) is 0 Å². The fourth-order valence-corrected chi connectivity index (χ4v) is 2.66. The van der Waals surface area contributed by atoms with Crippen LogP contribution in [0.3, 0.4) is 0 Å². The van der Waals surface area contributed by atoms with Crippen LogP contribution in [-0.2, 0) is 4.74 Å². The van der Waals surface area contributed by atoms with Crippen molar-refractivity contribution in [1.29, 1.82) is 5.26 Å². The zero-order chi connectivity index (χ0) is 13.8. The number of ether oxygens (including phenoxy) is 1. The summed E-state index contributed by atoms with van der Waals surface area (Å²) in [6, 6.07) is 7.64. The van der Waals surface area contributed by atoms with Crippen molar-refractivity contribution >= 4 is 5.69 Å². The van der Waals surface area contributed by atoms with Gasteiger partial charge < -0.3 is 14.7 Å². The van der Waals surface area contributed by atoms with E-state index in [1.165, 1.54) is 0 Å². The molecular weight excluding hydrogens is 240 g/mol. The van der Waals surface area contributed by atoms with Gasteiger partial charge in [0.2, 0.25) is 0 Å². The molecule has 0 spiro atoms. The van der Waals surface area contributed by atoms with E-state index in [1.807, 2.05) is 12.1 Å². The third kappa shape index (κ3) is 3.06. The van der Waals surface area contributed by atoms with Gasteiger partial charge in [-0.2, -0.15) is 5.26 Å². The zero-order valence-electron chi connectivity index (χ0n) is 11.5. The Hall–Kier alpha value is -1.57. The first-order valence-electron chi connectivity index (χ1n) is 6.61. The van der Waals surface area contributed by atoms with E-state index in [2.05, 4.69) is 11.0 Å². The van der Waals surface area contributed by atoms with Crippen molar-refractivity contribution < 1.29 is 9.84 Å². The lowest BCUT2D eigenvalue weighted by atomic mass is 10.0. The van der Waals surface area contributed by atoms with Crippen LogP contribution in [0.1, 0.15) is 30.6 Å². The minimum Gasteiger partial charge on any atom is -0.389 e. The summed E-state index contributed by atoms with van der Waals surface area (Å²) in [5.74, 6) is 0.526. The van der Waals surface area contributed by atoms with Gasteiger partial charge in [-0.3, -0.25) is 0 Å². The number of methoxy groups -OCH3 is 1. The standard InChI is InChI=1S/C15H20N2O2/c1-11(18)14-4-3-12(8-16)7-15(14)17-6-5-13(9-17)10-19-2/h3-4,7,11,13,18H,5-6,9-10H2,1-2H3/t11-,13?/m1/s1. The van der Waals surface area contributed by atoms with Gasteiger partial charge in [0, 0.05) is 37.4 Å². The number of anilines is 1. The van der Waals surface area contributed by atoms with E-state index in [0.717, 1.165) is 37.4 Å². The number of hydrogen-bond donors (Lipinski definition) is 1. The van der Waals surface area contributed by atoms with E-state index in [1.54, 1.807) is 20.1 Å². The minimum atomic E-state index is -0.524. The molecule has 0 amide bonds. The lowest BCUT2D eigenvalue weighted by Gasteiger charge is -2.23. The normalized spacial score (nSPS) is 20.3. The van der Waals surface area contributed by atoms with Crippen molar-refractivity contribution in [3.8, 4) is 6.07 Å². The maximum absolute atomic E-state index is 9.86. The maximum atomic E-state index is 9.86. The third-order valence-corrected chi connectivity index (χ3v) is 3.64. The summed E-state index contributed by atoms with van der Waals surface area (Å²) in [6.45, 7) is 4.39. The Morgan fingerprint density at radius 1 is 1.58 bits per heavy atom. The monoisotopic (exact) mass is 260 g/mol. The van der Waals surface area contributed by atoms with Gasteiger partial charge in [0.15, 0.2) is 0 Å². The first kappa shape index (κ1) is 13.9. The summed E-state index contributed by atoms with van der Waals surface area (Å²) in [4.78, 5) is 2.24. The first-order valence-corrected chi connectivity index (χ1v) is 6.61. The van der Waals surface area contributed by atoms with Crippen molar-refractivity contribution in [2.24, 2.45) is 5.92 Å². The van der Waals surface area contributed by atoms with E-state index in [4.69, 9.17) is 10.00 Å². The van der Waals surface area contributed by atoms with E-state index in [0.29, 0.717) is 11.5 Å². The molecule has 2 atom stereocenters. The Balaban J connectivity index is 2.25. The molecule has 1 N–H and O–H groups in total. The van der Waals surface area contributed by atoms with E-state index in [-0.39, 0.29) is 0 Å². The number of aliphatic hydroxyl groups is 1. The molecule has 1 aromatic carbocycles. The molecule has 0 aromatic heterocycles. The summed E-state index contributed by atoms with van der Waals surface area (Å²) in [5.41, 5.74) is 2.50. The predicted octanol–water partition coefficient (Wildman–Crippen LogP) is 2.08. The molecule has 1 heterocycles. The van der Waals surface area contributed by atoms with Crippen LogP contribution >= 0.6 is 0 Å². The summed E-state index contributed by atoms with van der Waals surface area (Å²) in [5, 5.41) is 18.9. The molecule has 0 aliphatic carbocycles. The van der Waals surface area contributed by atoms with Crippen LogP contribution in [-0.4, -0.2) is 31.9 Å². The molecule has 0 saturated carbocycles. The topological polar surface area (TPSA) is 56.5 Å². The quantitative estimate of drug-likeness (QED) is 0.900. The minimum absolute atomic E-state index is 0.524. The van der Waals surface area contributed by atoms with E-state index in [9.17, 15) is 5.11 Å². The summed E-state index contributed by atoms with van der Waals surface area (Å²) >= 11 is 0. The Kier molecular flexibility index (Phi) is 4.41. The predicted molar refractivity (Wildman–Crippen MR) is 74.0 cm³/mol. The SMILES string of the molecule is COCC1CCN(c2cc(C#N)ccc2[C@@H](C)O)C1. The molecule has 4 heteroatoms. The van der Waals surface area contributed by atoms with Crippen molar-refractivity contribution in [1.82, 2.24) is 0 Å². The van der Waals surface area contributed by atoms with E-state index >= 15 is 0 Å². The number of nitriles is 1. The molecule has 2 rings (SSSR count). The van der Waals surface area contributed by atoms with Gasteiger partial charge in [0.25, 0.3) is 0 Å². The molecule has 0 bridgehead atoms. The maximum Gasteiger partial charge on any atom is 0.0992 e. The van der Waals surface area contributed by atoms with Crippen molar-refractivity contribution in [2.75, 3.05) is 31.7 Å². The van der Waals surface area contributed by atoms with Gasteiger partial charge in [-0.15, -0.1) is 0 Å². The van der Waals surface area contributed by atoms with Crippen LogP contribution in [0.15, 0.2) is 18.2 Å². The summed E-state index contributed by atoms with van der Waals surface area (Å²) in [7, 11) is 1.72. The molecule has 0 radical (unpaired) electrons. The second-order valence-corrected chi connectivity index (χ2v) is 5.12. The van der Waals surface area contributed by atoms with Crippen molar-refractivity contribution in [3.63, 3.8) is 0 Å². The fourth-order valence-electron chi connectivity index (χ4n) is 2.66. The number of nitrogens with zero attached hydrogens (tertiary/aromatic N) is 2. The highest BCUT2D eigenvalue weighted by Gasteiger charge is 2.25. The van der Waals surface area contributed by atoms with Crippen LogP contribution in [0.4, 0.5) is 5.69 Å².